The van der Waals surface area contributed by atoms with Crippen molar-refractivity contribution in [3.63, 3.8) is 0 Å². The van der Waals surface area contributed by atoms with E-state index in [0.717, 1.165) is 59.7 Å². The highest BCUT2D eigenvalue weighted by molar-refractivity contribution is 5.82. The van der Waals surface area contributed by atoms with Gasteiger partial charge in [-0.1, -0.05) is 12.1 Å². The summed E-state index contributed by atoms with van der Waals surface area (Å²) in [4.78, 5) is 17.5. The van der Waals surface area contributed by atoms with Crippen molar-refractivity contribution in [2.24, 2.45) is 0 Å². The van der Waals surface area contributed by atoms with Gasteiger partial charge in [-0.2, -0.15) is 0 Å². The molecule has 0 radical (unpaired) electrons. The minimum Gasteiger partial charge on any atom is -0.496 e. The van der Waals surface area contributed by atoms with E-state index in [1.54, 1.807) is 7.11 Å². The number of para-hydroxylation sites is 1. The summed E-state index contributed by atoms with van der Waals surface area (Å²) in [5.74, 6) is 2.01. The molecule has 2 aromatic carbocycles. The number of ether oxygens (including phenoxy) is 1. The lowest BCUT2D eigenvalue weighted by molar-refractivity contribution is 0.313. The predicted molar refractivity (Wildman–Crippen MR) is 130 cm³/mol. The van der Waals surface area contributed by atoms with Crippen molar-refractivity contribution in [3.05, 3.63) is 60.8 Å². The molecule has 0 aliphatic carbocycles. The molecular formula is C25H25N7O. The van der Waals surface area contributed by atoms with Crippen LogP contribution in [-0.4, -0.2) is 69.8 Å². The van der Waals surface area contributed by atoms with E-state index in [-0.39, 0.29) is 0 Å². The SMILES string of the molecule is COc1ccccc1-c1ccc2cnc(-c3nc4ccc(N5CCN(C)CC5)cc4[nH]3)nn12. The molecule has 1 fully saturated rings. The Morgan fingerprint density at radius 3 is 2.67 bits per heavy atom. The third-order valence-corrected chi connectivity index (χ3v) is 6.33. The minimum atomic E-state index is 0.548. The first-order chi connectivity index (χ1) is 16.2. The zero-order chi connectivity index (χ0) is 22.4. The Morgan fingerprint density at radius 2 is 1.82 bits per heavy atom. The van der Waals surface area contributed by atoms with Crippen LogP contribution in [0.2, 0.25) is 0 Å². The number of H-pyrrole nitrogens is 1. The highest BCUT2D eigenvalue weighted by atomic mass is 16.5. The summed E-state index contributed by atoms with van der Waals surface area (Å²) in [6, 6.07) is 18.4. The van der Waals surface area contributed by atoms with Gasteiger partial charge in [-0.15, -0.1) is 5.10 Å². The number of piperazine rings is 1. The lowest BCUT2D eigenvalue weighted by Crippen LogP contribution is -2.44. The largest absolute Gasteiger partial charge is 0.496 e. The molecule has 1 aliphatic rings. The van der Waals surface area contributed by atoms with Gasteiger partial charge < -0.3 is 19.5 Å². The zero-order valence-corrected chi connectivity index (χ0v) is 18.7. The number of rotatable bonds is 4. The molecular weight excluding hydrogens is 414 g/mol. The standard InChI is InChI=1S/C25H25N7O/c1-30-11-13-31(14-12-30)17-7-9-20-21(15-17)28-25(27-20)24-26-16-18-8-10-22(32(18)29-24)19-5-3-4-6-23(19)33-2/h3-10,15-16H,11-14H2,1-2H3,(H,27,28). The molecule has 1 N–H and O–H groups in total. The number of fused-ring (bicyclic) bond motifs is 2. The normalized spacial score (nSPS) is 14.9. The Hall–Kier alpha value is -3.91. The van der Waals surface area contributed by atoms with E-state index in [1.165, 1.54) is 5.69 Å². The molecule has 3 aromatic heterocycles. The lowest BCUT2D eigenvalue weighted by atomic mass is 10.1. The summed E-state index contributed by atoms with van der Waals surface area (Å²) >= 11 is 0. The van der Waals surface area contributed by atoms with Crippen molar-refractivity contribution in [1.29, 1.82) is 0 Å². The number of likely N-dealkylation sites (N-methyl/N-ethyl adjacent to an activating group) is 1. The molecule has 8 heteroatoms. The molecule has 0 atom stereocenters. The van der Waals surface area contributed by atoms with Crippen LogP contribution in [0, 0.1) is 0 Å². The number of nitrogens with one attached hydrogen (secondary N) is 1. The van der Waals surface area contributed by atoms with Crippen molar-refractivity contribution in [3.8, 4) is 28.7 Å². The number of aromatic amines is 1. The Balaban J connectivity index is 1.38. The number of aromatic nitrogens is 5. The summed E-state index contributed by atoms with van der Waals surface area (Å²) in [6.45, 7) is 4.21. The number of imidazole rings is 1. The van der Waals surface area contributed by atoms with Crippen LogP contribution in [-0.2, 0) is 0 Å². The summed E-state index contributed by atoms with van der Waals surface area (Å²) in [7, 11) is 3.85. The maximum atomic E-state index is 5.56. The summed E-state index contributed by atoms with van der Waals surface area (Å²) in [6.07, 6.45) is 1.82. The van der Waals surface area contributed by atoms with Crippen LogP contribution in [0.3, 0.4) is 0 Å². The van der Waals surface area contributed by atoms with Gasteiger partial charge in [-0.05, 0) is 49.5 Å². The van der Waals surface area contributed by atoms with Gasteiger partial charge in [0.15, 0.2) is 5.82 Å². The summed E-state index contributed by atoms with van der Waals surface area (Å²) in [5, 5.41) is 4.81. The third kappa shape index (κ3) is 3.48. The fraction of sp³-hybridized carbons (Fsp3) is 0.240. The van der Waals surface area contributed by atoms with E-state index >= 15 is 0 Å². The van der Waals surface area contributed by atoms with Crippen molar-refractivity contribution in [2.45, 2.75) is 0 Å². The van der Waals surface area contributed by atoms with Gasteiger partial charge in [-0.25, -0.2) is 14.5 Å². The molecule has 4 heterocycles. The molecule has 1 saturated heterocycles. The van der Waals surface area contributed by atoms with E-state index < -0.39 is 0 Å². The van der Waals surface area contributed by atoms with Crippen LogP contribution in [0.25, 0.3) is 39.5 Å². The smallest absolute Gasteiger partial charge is 0.215 e. The second-order valence-electron chi connectivity index (χ2n) is 8.41. The van der Waals surface area contributed by atoms with E-state index in [1.807, 2.05) is 47.1 Å². The quantitative estimate of drug-likeness (QED) is 0.460. The van der Waals surface area contributed by atoms with Crippen LogP contribution >= 0.6 is 0 Å². The van der Waals surface area contributed by atoms with Crippen molar-refractivity contribution in [2.75, 3.05) is 45.2 Å². The van der Waals surface area contributed by atoms with E-state index in [9.17, 15) is 0 Å². The van der Waals surface area contributed by atoms with E-state index in [2.05, 4.69) is 45.0 Å². The number of methoxy groups -OCH3 is 1. The van der Waals surface area contributed by atoms with Crippen molar-refractivity contribution >= 4 is 22.2 Å². The monoisotopic (exact) mass is 439 g/mol. The number of hydrogen-bond donors (Lipinski definition) is 1. The average molecular weight is 440 g/mol. The van der Waals surface area contributed by atoms with Gasteiger partial charge in [0.2, 0.25) is 5.82 Å². The van der Waals surface area contributed by atoms with Crippen LogP contribution in [0.15, 0.2) is 60.8 Å². The molecule has 0 bridgehead atoms. The van der Waals surface area contributed by atoms with Gasteiger partial charge in [0.05, 0.1) is 35.6 Å². The topological polar surface area (TPSA) is 74.6 Å². The average Bonchev–Trinajstić information content (AvgIpc) is 3.47. The summed E-state index contributed by atoms with van der Waals surface area (Å²) < 4.78 is 7.45. The predicted octanol–water partition coefficient (Wildman–Crippen LogP) is 3.70. The van der Waals surface area contributed by atoms with Crippen LogP contribution in [0.4, 0.5) is 5.69 Å². The molecule has 166 valence electrons. The van der Waals surface area contributed by atoms with E-state index in [0.29, 0.717) is 11.6 Å². The molecule has 0 amide bonds. The molecule has 33 heavy (non-hydrogen) atoms. The molecule has 6 rings (SSSR count). The lowest BCUT2D eigenvalue weighted by Gasteiger charge is -2.34. The second-order valence-corrected chi connectivity index (χ2v) is 8.41. The molecule has 1 aliphatic heterocycles. The maximum Gasteiger partial charge on any atom is 0.215 e. The van der Waals surface area contributed by atoms with Gasteiger partial charge in [0, 0.05) is 37.4 Å². The number of hydrogen-bond acceptors (Lipinski definition) is 6. The fourth-order valence-corrected chi connectivity index (χ4v) is 4.44. The van der Waals surface area contributed by atoms with Gasteiger partial charge in [-0.3, -0.25) is 0 Å². The van der Waals surface area contributed by atoms with Crippen molar-refractivity contribution < 1.29 is 4.74 Å². The molecule has 0 unspecified atom stereocenters. The van der Waals surface area contributed by atoms with Crippen LogP contribution in [0.1, 0.15) is 0 Å². The Labute approximate surface area is 191 Å². The van der Waals surface area contributed by atoms with Crippen LogP contribution in [0.5, 0.6) is 5.75 Å². The maximum absolute atomic E-state index is 5.56. The first-order valence-electron chi connectivity index (χ1n) is 11.1. The fourth-order valence-electron chi connectivity index (χ4n) is 4.44. The summed E-state index contributed by atoms with van der Waals surface area (Å²) in [5.41, 5.74) is 5.94. The molecule has 0 spiro atoms. The highest BCUT2D eigenvalue weighted by Gasteiger charge is 2.17. The molecule has 8 nitrogen and oxygen atoms in total. The second kappa shape index (κ2) is 7.90. The van der Waals surface area contributed by atoms with Gasteiger partial charge in [0.1, 0.15) is 5.75 Å². The highest BCUT2D eigenvalue weighted by Crippen LogP contribution is 2.31. The number of nitrogens with zero attached hydrogens (tertiary/aromatic N) is 6. The third-order valence-electron chi connectivity index (χ3n) is 6.33. The Bertz CT molecular complexity index is 1450. The van der Waals surface area contributed by atoms with Gasteiger partial charge >= 0.3 is 0 Å². The van der Waals surface area contributed by atoms with Crippen molar-refractivity contribution in [1.82, 2.24) is 29.5 Å². The first-order valence-corrected chi connectivity index (χ1v) is 11.1. The Morgan fingerprint density at radius 1 is 0.970 bits per heavy atom. The van der Waals surface area contributed by atoms with E-state index in [4.69, 9.17) is 14.8 Å². The molecule has 5 aromatic rings. The molecule has 0 saturated carbocycles. The number of benzene rings is 2. The zero-order valence-electron chi connectivity index (χ0n) is 18.7. The van der Waals surface area contributed by atoms with Gasteiger partial charge in [0.25, 0.3) is 0 Å². The first kappa shape index (κ1) is 19.8. The number of anilines is 1. The van der Waals surface area contributed by atoms with Crippen LogP contribution < -0.4 is 9.64 Å². The Kier molecular flexibility index (Phi) is 4.73. The minimum absolute atomic E-state index is 0.548.